The number of thiophene rings is 1. The summed E-state index contributed by atoms with van der Waals surface area (Å²) in [5.41, 5.74) is -0.242. The van der Waals surface area contributed by atoms with Gasteiger partial charge >= 0.3 is 5.97 Å². The van der Waals surface area contributed by atoms with Gasteiger partial charge in [-0.3, -0.25) is 4.72 Å². The van der Waals surface area contributed by atoms with Crippen molar-refractivity contribution in [2.45, 2.75) is 18.7 Å². The zero-order valence-electron chi connectivity index (χ0n) is 11.0. The summed E-state index contributed by atoms with van der Waals surface area (Å²) in [6.07, 6.45) is 0. The van der Waals surface area contributed by atoms with E-state index in [9.17, 15) is 13.2 Å². The average Bonchev–Trinajstić information content (AvgIpc) is 2.92. The lowest BCUT2D eigenvalue weighted by atomic mass is 10.2. The van der Waals surface area contributed by atoms with Crippen molar-refractivity contribution >= 4 is 32.3 Å². The molecule has 110 valence electrons. The largest absolute Gasteiger partial charge is 0.478 e. The van der Waals surface area contributed by atoms with Gasteiger partial charge < -0.3 is 9.52 Å². The molecule has 2 N–H and O–H groups in total. The number of furan rings is 1. The van der Waals surface area contributed by atoms with Crippen LogP contribution in [0.5, 0.6) is 0 Å². The molecule has 2 aromatic rings. The SMILES string of the molecule is Cc1oc(C)c(S(=O)(=O)Nc2sccc2C#N)c1C(=O)O. The highest BCUT2D eigenvalue weighted by molar-refractivity contribution is 7.93. The third-order valence-electron chi connectivity index (χ3n) is 2.70. The maximum atomic E-state index is 12.4. The first-order valence-corrected chi connectivity index (χ1v) is 7.98. The molecule has 0 amide bonds. The molecule has 0 fully saturated rings. The van der Waals surface area contributed by atoms with Crippen molar-refractivity contribution in [1.29, 1.82) is 5.26 Å². The molecule has 0 aliphatic carbocycles. The third kappa shape index (κ3) is 2.63. The molecule has 2 heterocycles. The molecular weight excluding hydrogens is 316 g/mol. The number of aromatic carboxylic acids is 1. The first-order valence-electron chi connectivity index (χ1n) is 5.61. The number of anilines is 1. The summed E-state index contributed by atoms with van der Waals surface area (Å²) >= 11 is 1.03. The predicted molar refractivity (Wildman–Crippen MR) is 75.0 cm³/mol. The Balaban J connectivity index is 2.56. The van der Waals surface area contributed by atoms with E-state index >= 15 is 0 Å². The second kappa shape index (κ2) is 5.23. The van der Waals surface area contributed by atoms with Gasteiger partial charge in [-0.1, -0.05) is 0 Å². The smallest absolute Gasteiger partial charge is 0.340 e. The van der Waals surface area contributed by atoms with Crippen LogP contribution in [-0.2, 0) is 10.0 Å². The van der Waals surface area contributed by atoms with Gasteiger partial charge in [0.15, 0.2) is 0 Å². The fraction of sp³-hybridized carbons (Fsp3) is 0.167. The number of sulfonamides is 1. The number of carboxylic acids is 1. The highest BCUT2D eigenvalue weighted by Crippen LogP contribution is 2.31. The molecule has 0 saturated heterocycles. The van der Waals surface area contributed by atoms with Crippen molar-refractivity contribution < 1.29 is 22.7 Å². The minimum absolute atomic E-state index is 0.00654. The van der Waals surface area contributed by atoms with E-state index in [2.05, 4.69) is 4.72 Å². The summed E-state index contributed by atoms with van der Waals surface area (Å²) in [5, 5.41) is 19.7. The molecule has 0 radical (unpaired) electrons. The highest BCUT2D eigenvalue weighted by Gasteiger charge is 2.31. The quantitative estimate of drug-likeness (QED) is 0.889. The normalized spacial score (nSPS) is 11.1. The Bertz CT molecular complexity index is 855. The molecule has 0 aliphatic heterocycles. The van der Waals surface area contributed by atoms with Gasteiger partial charge in [0.25, 0.3) is 10.0 Å². The number of carboxylic acid groups (broad SMARTS) is 1. The molecule has 2 rings (SSSR count). The molecule has 2 aromatic heterocycles. The first-order chi connectivity index (χ1) is 9.77. The van der Waals surface area contributed by atoms with E-state index in [0.717, 1.165) is 11.3 Å². The van der Waals surface area contributed by atoms with Gasteiger partial charge in [-0.2, -0.15) is 5.26 Å². The number of carbonyl (C=O) groups is 1. The summed E-state index contributed by atoms with van der Waals surface area (Å²) in [4.78, 5) is 10.8. The number of nitrogens with zero attached hydrogens (tertiary/aromatic N) is 1. The molecule has 21 heavy (non-hydrogen) atoms. The Morgan fingerprint density at radius 2 is 2.10 bits per heavy atom. The fourth-order valence-electron chi connectivity index (χ4n) is 1.88. The number of aryl methyl sites for hydroxylation is 2. The summed E-state index contributed by atoms with van der Waals surface area (Å²) in [6.45, 7) is 2.74. The third-order valence-corrected chi connectivity index (χ3v) is 5.16. The number of nitriles is 1. The molecule has 0 atom stereocenters. The highest BCUT2D eigenvalue weighted by atomic mass is 32.2. The molecule has 7 nitrogen and oxygen atoms in total. The molecule has 0 aromatic carbocycles. The number of hydrogen-bond donors (Lipinski definition) is 2. The zero-order chi connectivity index (χ0) is 15.8. The topological polar surface area (TPSA) is 120 Å². The van der Waals surface area contributed by atoms with Gasteiger partial charge in [-0.15, -0.1) is 11.3 Å². The van der Waals surface area contributed by atoms with Crippen LogP contribution in [0.15, 0.2) is 20.8 Å². The molecule has 0 unspecified atom stereocenters. The van der Waals surface area contributed by atoms with Crippen molar-refractivity contribution in [3.8, 4) is 6.07 Å². The monoisotopic (exact) mass is 326 g/mol. The molecule has 0 saturated carbocycles. The maximum absolute atomic E-state index is 12.4. The fourth-order valence-corrected chi connectivity index (χ4v) is 4.36. The summed E-state index contributed by atoms with van der Waals surface area (Å²) in [6, 6.07) is 3.32. The number of rotatable bonds is 4. The Kier molecular flexibility index (Phi) is 3.76. The van der Waals surface area contributed by atoms with Gasteiger partial charge in [0.1, 0.15) is 33.0 Å². The van der Waals surface area contributed by atoms with Crippen molar-refractivity contribution in [1.82, 2.24) is 0 Å². The number of hydrogen-bond acceptors (Lipinski definition) is 6. The lowest BCUT2D eigenvalue weighted by Gasteiger charge is -2.06. The first kappa shape index (κ1) is 15.1. The van der Waals surface area contributed by atoms with Crippen LogP contribution < -0.4 is 4.72 Å². The van der Waals surface area contributed by atoms with Crippen LogP contribution in [0.1, 0.15) is 27.4 Å². The van der Waals surface area contributed by atoms with Crippen LogP contribution in [0, 0.1) is 25.2 Å². The lowest BCUT2D eigenvalue weighted by molar-refractivity contribution is 0.0691. The standard InChI is InChI=1S/C12H10N2O5S2/c1-6-9(12(15)16)10(7(2)19-6)21(17,18)14-11-8(5-13)3-4-20-11/h3-4,14H,1-2H3,(H,15,16). The minimum atomic E-state index is -4.17. The Labute approximate surface area is 124 Å². The molecule has 0 spiro atoms. The second-order valence-corrected chi connectivity index (χ2v) is 6.64. The Hall–Kier alpha value is -2.31. The van der Waals surface area contributed by atoms with Crippen LogP contribution in [0.3, 0.4) is 0 Å². The van der Waals surface area contributed by atoms with Crippen LogP contribution in [0.25, 0.3) is 0 Å². The maximum Gasteiger partial charge on any atom is 0.340 e. The summed E-state index contributed by atoms with van der Waals surface area (Å²) in [7, 11) is -4.17. The van der Waals surface area contributed by atoms with E-state index in [1.807, 2.05) is 6.07 Å². The van der Waals surface area contributed by atoms with Crippen LogP contribution in [0.2, 0.25) is 0 Å². The van der Waals surface area contributed by atoms with Gasteiger partial charge in [0, 0.05) is 0 Å². The summed E-state index contributed by atoms with van der Waals surface area (Å²) < 4.78 is 32.1. The van der Waals surface area contributed by atoms with Gasteiger partial charge in [0.2, 0.25) is 0 Å². The summed E-state index contributed by atoms with van der Waals surface area (Å²) in [5.74, 6) is -1.41. The van der Waals surface area contributed by atoms with Gasteiger partial charge in [0.05, 0.1) is 5.56 Å². The second-order valence-electron chi connectivity index (χ2n) is 4.10. The van der Waals surface area contributed by atoms with Crippen molar-refractivity contribution in [2.24, 2.45) is 0 Å². The van der Waals surface area contributed by atoms with E-state index in [1.165, 1.54) is 19.9 Å². The Morgan fingerprint density at radius 1 is 1.43 bits per heavy atom. The number of nitrogens with one attached hydrogen (secondary N) is 1. The molecule has 9 heteroatoms. The van der Waals surface area contributed by atoms with Gasteiger partial charge in [-0.05, 0) is 25.3 Å². The van der Waals surface area contributed by atoms with Crippen molar-refractivity contribution in [3.05, 3.63) is 34.1 Å². The minimum Gasteiger partial charge on any atom is -0.478 e. The van der Waals surface area contributed by atoms with E-state index in [0.29, 0.717) is 0 Å². The molecule has 0 bridgehead atoms. The van der Waals surface area contributed by atoms with Crippen molar-refractivity contribution in [3.63, 3.8) is 0 Å². The van der Waals surface area contributed by atoms with Crippen LogP contribution in [0.4, 0.5) is 5.00 Å². The van der Waals surface area contributed by atoms with Crippen LogP contribution in [-0.4, -0.2) is 19.5 Å². The predicted octanol–water partition coefficient (Wildman–Crippen LogP) is 2.33. The lowest BCUT2D eigenvalue weighted by Crippen LogP contribution is -2.16. The zero-order valence-corrected chi connectivity index (χ0v) is 12.6. The van der Waals surface area contributed by atoms with Gasteiger partial charge in [-0.25, -0.2) is 13.2 Å². The van der Waals surface area contributed by atoms with E-state index < -0.39 is 26.5 Å². The van der Waals surface area contributed by atoms with Crippen molar-refractivity contribution in [2.75, 3.05) is 4.72 Å². The van der Waals surface area contributed by atoms with E-state index in [-0.39, 0.29) is 22.1 Å². The Morgan fingerprint density at radius 3 is 2.67 bits per heavy atom. The van der Waals surface area contributed by atoms with E-state index in [1.54, 1.807) is 5.38 Å². The average molecular weight is 326 g/mol. The molecule has 0 aliphatic rings. The molecular formula is C12H10N2O5S2. The van der Waals surface area contributed by atoms with E-state index in [4.69, 9.17) is 14.8 Å². The van der Waals surface area contributed by atoms with Crippen LogP contribution >= 0.6 is 11.3 Å².